The van der Waals surface area contributed by atoms with Crippen LogP contribution in [-0.2, 0) is 9.53 Å². The fourth-order valence-corrected chi connectivity index (χ4v) is 2.09. The Kier molecular flexibility index (Phi) is 6.91. The van der Waals surface area contributed by atoms with E-state index in [0.29, 0.717) is 24.4 Å². The number of nitrogens with one attached hydrogen (secondary N) is 3. The zero-order valence-corrected chi connectivity index (χ0v) is 13.8. The van der Waals surface area contributed by atoms with E-state index in [4.69, 9.17) is 4.74 Å². The number of amides is 2. The largest absolute Gasteiger partial charge is 0.383 e. The number of anilines is 2. The molecule has 0 heterocycles. The number of methoxy groups -OCH3 is 1. The first kappa shape index (κ1) is 18.4. The second-order valence-electron chi connectivity index (χ2n) is 5.21. The van der Waals surface area contributed by atoms with Crippen molar-refractivity contribution in [2.45, 2.75) is 0 Å². The Labute approximate surface area is 145 Å². The Morgan fingerprint density at radius 1 is 1.12 bits per heavy atom. The second-order valence-corrected chi connectivity index (χ2v) is 5.21. The maximum absolute atomic E-state index is 13.5. The van der Waals surface area contributed by atoms with Crippen molar-refractivity contribution < 1.29 is 18.7 Å². The molecule has 0 aliphatic rings. The van der Waals surface area contributed by atoms with Crippen molar-refractivity contribution in [1.82, 2.24) is 5.32 Å². The summed E-state index contributed by atoms with van der Waals surface area (Å²) in [7, 11) is 1.55. The van der Waals surface area contributed by atoms with Crippen molar-refractivity contribution >= 4 is 23.2 Å². The van der Waals surface area contributed by atoms with E-state index in [9.17, 15) is 14.0 Å². The van der Waals surface area contributed by atoms with Gasteiger partial charge >= 0.3 is 0 Å². The third-order valence-corrected chi connectivity index (χ3v) is 3.31. The van der Waals surface area contributed by atoms with Gasteiger partial charge in [-0.2, -0.15) is 0 Å². The van der Waals surface area contributed by atoms with E-state index in [0.717, 1.165) is 0 Å². The van der Waals surface area contributed by atoms with Gasteiger partial charge in [0.25, 0.3) is 5.91 Å². The molecule has 0 saturated carbocycles. The quantitative estimate of drug-likeness (QED) is 0.641. The number of ether oxygens (including phenoxy) is 1. The van der Waals surface area contributed by atoms with E-state index in [1.54, 1.807) is 49.6 Å². The Hall–Kier alpha value is -2.93. The standard InChI is InChI=1S/C18H20FN3O3/c1-25-10-9-20-18(24)13-5-4-6-14(11-13)22-17(23)12-21-16-8-3-2-7-15(16)19/h2-8,11,21H,9-10,12H2,1H3,(H,20,24)(H,22,23). The zero-order chi connectivity index (χ0) is 18.1. The third-order valence-electron chi connectivity index (χ3n) is 3.31. The van der Waals surface area contributed by atoms with Gasteiger partial charge in [-0.15, -0.1) is 0 Å². The SMILES string of the molecule is COCCNC(=O)c1cccc(NC(=O)CNc2ccccc2F)c1. The summed E-state index contributed by atoms with van der Waals surface area (Å²) < 4.78 is 18.4. The molecule has 0 unspecified atom stereocenters. The Morgan fingerprint density at radius 3 is 2.68 bits per heavy atom. The Bertz CT molecular complexity index is 737. The van der Waals surface area contributed by atoms with Gasteiger partial charge in [0.2, 0.25) is 5.91 Å². The van der Waals surface area contributed by atoms with Gasteiger partial charge in [-0.1, -0.05) is 18.2 Å². The van der Waals surface area contributed by atoms with Crippen LogP contribution in [0.25, 0.3) is 0 Å². The lowest BCUT2D eigenvalue weighted by Gasteiger charge is -2.10. The summed E-state index contributed by atoms with van der Waals surface area (Å²) in [4.78, 5) is 23.9. The molecule has 6 nitrogen and oxygen atoms in total. The average Bonchev–Trinajstić information content (AvgIpc) is 2.61. The minimum Gasteiger partial charge on any atom is -0.383 e. The van der Waals surface area contributed by atoms with Gasteiger partial charge < -0.3 is 20.7 Å². The van der Waals surface area contributed by atoms with E-state index in [1.165, 1.54) is 6.07 Å². The van der Waals surface area contributed by atoms with E-state index in [1.807, 2.05) is 0 Å². The molecule has 3 N–H and O–H groups in total. The normalized spacial score (nSPS) is 10.2. The van der Waals surface area contributed by atoms with Crippen LogP contribution in [0.2, 0.25) is 0 Å². The van der Waals surface area contributed by atoms with E-state index >= 15 is 0 Å². The van der Waals surface area contributed by atoms with Crippen molar-refractivity contribution in [2.24, 2.45) is 0 Å². The molecule has 132 valence electrons. The maximum Gasteiger partial charge on any atom is 0.251 e. The van der Waals surface area contributed by atoms with Crippen LogP contribution in [0.5, 0.6) is 0 Å². The van der Waals surface area contributed by atoms with Gasteiger partial charge in [-0.25, -0.2) is 4.39 Å². The van der Waals surface area contributed by atoms with E-state index < -0.39 is 5.82 Å². The number of halogens is 1. The molecule has 25 heavy (non-hydrogen) atoms. The second kappa shape index (κ2) is 9.39. The van der Waals surface area contributed by atoms with Gasteiger partial charge in [-0.3, -0.25) is 9.59 Å². The fraction of sp³-hybridized carbons (Fsp3) is 0.222. The molecule has 0 radical (unpaired) electrons. The lowest BCUT2D eigenvalue weighted by molar-refractivity contribution is -0.114. The lowest BCUT2D eigenvalue weighted by Crippen LogP contribution is -2.27. The molecule has 2 rings (SSSR count). The predicted octanol–water partition coefficient (Wildman–Crippen LogP) is 2.25. The first-order valence-corrected chi connectivity index (χ1v) is 7.75. The number of rotatable bonds is 8. The molecule has 2 amide bonds. The van der Waals surface area contributed by atoms with Crippen LogP contribution in [0.1, 0.15) is 10.4 Å². The van der Waals surface area contributed by atoms with Crippen molar-refractivity contribution in [3.05, 3.63) is 59.9 Å². The summed E-state index contributed by atoms with van der Waals surface area (Å²) in [5, 5.41) is 8.09. The number of para-hydroxylation sites is 1. The molecule has 0 spiro atoms. The number of carbonyl (C=O) groups excluding carboxylic acids is 2. The van der Waals surface area contributed by atoms with Gasteiger partial charge in [0.1, 0.15) is 5.82 Å². The van der Waals surface area contributed by atoms with Gasteiger partial charge in [0.05, 0.1) is 18.8 Å². The van der Waals surface area contributed by atoms with Gasteiger partial charge in [0, 0.05) is 24.9 Å². The van der Waals surface area contributed by atoms with Crippen LogP contribution in [-0.4, -0.2) is 38.6 Å². The van der Waals surface area contributed by atoms with Crippen molar-refractivity contribution in [3.8, 4) is 0 Å². The third kappa shape index (κ3) is 5.89. The number of hydrogen-bond donors (Lipinski definition) is 3. The highest BCUT2D eigenvalue weighted by molar-refractivity contribution is 5.98. The molecule has 0 aromatic heterocycles. The Balaban J connectivity index is 1.89. The van der Waals surface area contributed by atoms with Crippen LogP contribution >= 0.6 is 0 Å². The molecule has 0 atom stereocenters. The molecule has 0 aliphatic heterocycles. The van der Waals surface area contributed by atoms with Crippen molar-refractivity contribution in [2.75, 3.05) is 37.4 Å². The fourth-order valence-electron chi connectivity index (χ4n) is 2.09. The lowest BCUT2D eigenvalue weighted by atomic mass is 10.2. The minimum absolute atomic E-state index is 0.0921. The predicted molar refractivity (Wildman–Crippen MR) is 94.2 cm³/mol. The van der Waals surface area contributed by atoms with Crippen molar-refractivity contribution in [3.63, 3.8) is 0 Å². The summed E-state index contributed by atoms with van der Waals surface area (Å²) in [6, 6.07) is 12.7. The number of carbonyl (C=O) groups is 2. The molecule has 0 saturated heterocycles. The monoisotopic (exact) mass is 345 g/mol. The highest BCUT2D eigenvalue weighted by Gasteiger charge is 2.08. The van der Waals surface area contributed by atoms with Crippen LogP contribution in [0, 0.1) is 5.82 Å². The highest BCUT2D eigenvalue weighted by atomic mass is 19.1. The van der Waals surface area contributed by atoms with Gasteiger partial charge in [0.15, 0.2) is 0 Å². The molecule has 2 aromatic carbocycles. The first-order chi connectivity index (χ1) is 12.1. The molecular weight excluding hydrogens is 325 g/mol. The van der Waals surface area contributed by atoms with Crippen LogP contribution in [0.15, 0.2) is 48.5 Å². The molecule has 0 fully saturated rings. The molecule has 7 heteroatoms. The molecule has 0 aliphatic carbocycles. The smallest absolute Gasteiger partial charge is 0.251 e. The molecule has 2 aromatic rings. The Morgan fingerprint density at radius 2 is 1.92 bits per heavy atom. The summed E-state index contributed by atoms with van der Waals surface area (Å²) >= 11 is 0. The summed E-state index contributed by atoms with van der Waals surface area (Å²) in [5.41, 5.74) is 1.17. The van der Waals surface area contributed by atoms with Crippen molar-refractivity contribution in [1.29, 1.82) is 0 Å². The van der Waals surface area contributed by atoms with E-state index in [2.05, 4.69) is 16.0 Å². The average molecular weight is 345 g/mol. The number of benzene rings is 2. The topological polar surface area (TPSA) is 79.5 Å². The first-order valence-electron chi connectivity index (χ1n) is 7.75. The minimum atomic E-state index is -0.426. The maximum atomic E-state index is 13.5. The van der Waals surface area contributed by atoms with Gasteiger partial charge in [-0.05, 0) is 30.3 Å². The zero-order valence-electron chi connectivity index (χ0n) is 13.8. The number of hydrogen-bond acceptors (Lipinski definition) is 4. The summed E-state index contributed by atoms with van der Waals surface area (Å²) in [6.07, 6.45) is 0. The van der Waals surface area contributed by atoms with E-state index in [-0.39, 0.29) is 24.0 Å². The molecular formula is C18H20FN3O3. The molecule has 0 bridgehead atoms. The van der Waals surface area contributed by atoms with Crippen LogP contribution in [0.4, 0.5) is 15.8 Å². The van der Waals surface area contributed by atoms with Crippen LogP contribution < -0.4 is 16.0 Å². The summed E-state index contributed by atoms with van der Waals surface area (Å²) in [6.45, 7) is 0.730. The summed E-state index contributed by atoms with van der Waals surface area (Å²) in [5.74, 6) is -1.03. The highest BCUT2D eigenvalue weighted by Crippen LogP contribution is 2.13. The van der Waals surface area contributed by atoms with Crippen LogP contribution in [0.3, 0.4) is 0 Å².